The van der Waals surface area contributed by atoms with Crippen molar-refractivity contribution < 1.29 is 0 Å². The lowest BCUT2D eigenvalue weighted by Crippen LogP contribution is -2.03. The van der Waals surface area contributed by atoms with Gasteiger partial charge in [-0.3, -0.25) is 9.08 Å². The van der Waals surface area contributed by atoms with Crippen molar-refractivity contribution in [1.82, 2.24) is 33.7 Å². The number of nitrogens with one attached hydrogen (secondary N) is 1. The highest BCUT2D eigenvalue weighted by molar-refractivity contribution is 5.74. The minimum Gasteiger partial charge on any atom is -0.337 e. The molecule has 4 heterocycles. The fourth-order valence-electron chi connectivity index (χ4n) is 3.53. The molecule has 0 aliphatic rings. The molecule has 5 rings (SSSR count). The molecule has 150 valence electrons. The van der Waals surface area contributed by atoms with E-state index in [0.717, 1.165) is 52.6 Å². The maximum atomic E-state index is 4.84. The summed E-state index contributed by atoms with van der Waals surface area (Å²) in [6.45, 7) is 2.16. The van der Waals surface area contributed by atoms with Crippen LogP contribution in [0.15, 0.2) is 67.8 Å². The number of anilines is 2. The maximum Gasteiger partial charge on any atom is 0.180 e. The summed E-state index contributed by atoms with van der Waals surface area (Å²) in [5.74, 6) is 0.742. The largest absolute Gasteiger partial charge is 0.337 e. The summed E-state index contributed by atoms with van der Waals surface area (Å²) >= 11 is 0. The van der Waals surface area contributed by atoms with Crippen LogP contribution in [0.2, 0.25) is 0 Å². The number of rotatable bonds is 6. The van der Waals surface area contributed by atoms with Crippen LogP contribution in [0.1, 0.15) is 19.0 Å². The molecule has 0 aliphatic carbocycles. The number of nitrogens with zero attached hydrogens (tertiary/aromatic N) is 7. The average Bonchev–Trinajstić information content (AvgIpc) is 3.49. The third kappa shape index (κ3) is 3.32. The fourth-order valence-corrected chi connectivity index (χ4v) is 3.53. The monoisotopic (exact) mass is 398 g/mol. The van der Waals surface area contributed by atoms with Crippen molar-refractivity contribution in [2.45, 2.75) is 19.8 Å². The van der Waals surface area contributed by atoms with Crippen LogP contribution in [0, 0.1) is 0 Å². The number of aromatic nitrogens is 7. The third-order valence-corrected chi connectivity index (χ3v) is 4.98. The van der Waals surface area contributed by atoms with Crippen molar-refractivity contribution in [1.29, 1.82) is 0 Å². The minimum absolute atomic E-state index is 0.742. The summed E-state index contributed by atoms with van der Waals surface area (Å²) in [5.41, 5.74) is 5.83. The van der Waals surface area contributed by atoms with Gasteiger partial charge in [-0.25, -0.2) is 15.0 Å². The number of imidazole rings is 2. The second kappa shape index (κ2) is 7.47. The standard InChI is InChI=1S/C22H22N8/c1-3-4-18-14-30-20(16-11-25-28(2)13-16)12-24-22(30)21(27-18)26-17-5-7-19(8-6-17)29-10-9-23-15-29/h5-15H,3-4H2,1-2H3,(H,26,27). The molecule has 8 heteroatoms. The Morgan fingerprint density at radius 3 is 2.63 bits per heavy atom. The van der Waals surface area contributed by atoms with Crippen molar-refractivity contribution in [2.24, 2.45) is 7.05 Å². The Morgan fingerprint density at radius 2 is 1.93 bits per heavy atom. The summed E-state index contributed by atoms with van der Waals surface area (Å²) < 4.78 is 5.86. The highest BCUT2D eigenvalue weighted by Crippen LogP contribution is 2.26. The lowest BCUT2D eigenvalue weighted by molar-refractivity contribution is 0.768. The Morgan fingerprint density at radius 1 is 1.07 bits per heavy atom. The molecular formula is C22H22N8. The summed E-state index contributed by atoms with van der Waals surface area (Å²) in [6, 6.07) is 8.16. The van der Waals surface area contributed by atoms with Gasteiger partial charge >= 0.3 is 0 Å². The number of hydrogen-bond acceptors (Lipinski definition) is 5. The zero-order valence-electron chi connectivity index (χ0n) is 16.9. The van der Waals surface area contributed by atoms with Gasteiger partial charge in [0, 0.05) is 48.8 Å². The van der Waals surface area contributed by atoms with Crippen molar-refractivity contribution >= 4 is 17.2 Å². The lowest BCUT2D eigenvalue weighted by atomic mass is 10.2. The van der Waals surface area contributed by atoms with Crippen LogP contribution >= 0.6 is 0 Å². The first-order valence-electron chi connectivity index (χ1n) is 9.92. The predicted molar refractivity (Wildman–Crippen MR) is 116 cm³/mol. The first-order valence-corrected chi connectivity index (χ1v) is 9.92. The first kappa shape index (κ1) is 18.1. The number of hydrogen-bond donors (Lipinski definition) is 1. The molecule has 4 aromatic heterocycles. The molecule has 30 heavy (non-hydrogen) atoms. The van der Waals surface area contributed by atoms with E-state index in [1.165, 1.54) is 0 Å². The summed E-state index contributed by atoms with van der Waals surface area (Å²) in [6.07, 6.45) is 15.2. The summed E-state index contributed by atoms with van der Waals surface area (Å²) in [5, 5.41) is 7.74. The Hall–Kier alpha value is -3.94. The molecule has 0 fully saturated rings. The summed E-state index contributed by atoms with van der Waals surface area (Å²) in [4.78, 5) is 13.6. The molecule has 8 nitrogen and oxygen atoms in total. The Bertz CT molecular complexity index is 1280. The van der Waals surface area contributed by atoms with Crippen LogP contribution in [0.5, 0.6) is 0 Å². The van der Waals surface area contributed by atoms with E-state index in [9.17, 15) is 0 Å². The molecule has 0 bridgehead atoms. The van der Waals surface area contributed by atoms with E-state index in [2.05, 4.69) is 37.9 Å². The molecule has 1 aromatic carbocycles. The smallest absolute Gasteiger partial charge is 0.180 e. The lowest BCUT2D eigenvalue weighted by Gasteiger charge is -2.11. The second-order valence-corrected chi connectivity index (χ2v) is 7.21. The number of aryl methyl sites for hydroxylation is 2. The SMILES string of the molecule is CCCc1cn2c(-c3cnn(C)c3)cnc2c(Nc2ccc(-n3ccnc3)cc2)n1. The predicted octanol–water partition coefficient (Wildman–Crippen LogP) is 4.01. The number of benzene rings is 1. The van der Waals surface area contributed by atoms with Crippen LogP contribution in [0.4, 0.5) is 11.5 Å². The van der Waals surface area contributed by atoms with Crippen LogP contribution in [-0.4, -0.2) is 33.7 Å². The van der Waals surface area contributed by atoms with Crippen LogP contribution in [0.25, 0.3) is 22.6 Å². The Balaban J connectivity index is 1.54. The molecule has 0 unspecified atom stereocenters. The van der Waals surface area contributed by atoms with Crippen LogP contribution in [-0.2, 0) is 13.5 Å². The fraction of sp³-hybridized carbons (Fsp3) is 0.182. The minimum atomic E-state index is 0.742. The summed E-state index contributed by atoms with van der Waals surface area (Å²) in [7, 11) is 1.91. The van der Waals surface area contributed by atoms with Gasteiger partial charge in [0.05, 0.1) is 30.1 Å². The highest BCUT2D eigenvalue weighted by Gasteiger charge is 2.14. The Kier molecular flexibility index (Phi) is 4.51. The second-order valence-electron chi connectivity index (χ2n) is 7.21. The van der Waals surface area contributed by atoms with E-state index in [1.807, 2.05) is 60.7 Å². The van der Waals surface area contributed by atoms with Gasteiger partial charge in [0.1, 0.15) is 0 Å². The maximum absolute atomic E-state index is 4.84. The average molecular weight is 398 g/mol. The third-order valence-electron chi connectivity index (χ3n) is 4.98. The van der Waals surface area contributed by atoms with Crippen molar-refractivity contribution in [3.05, 3.63) is 73.5 Å². The van der Waals surface area contributed by atoms with E-state index in [0.29, 0.717) is 0 Å². The molecule has 0 saturated heterocycles. The van der Waals surface area contributed by atoms with Crippen molar-refractivity contribution in [3.63, 3.8) is 0 Å². The van der Waals surface area contributed by atoms with E-state index in [4.69, 9.17) is 4.98 Å². The zero-order valence-corrected chi connectivity index (χ0v) is 16.9. The van der Waals surface area contributed by atoms with Gasteiger partial charge in [-0.1, -0.05) is 13.3 Å². The van der Waals surface area contributed by atoms with E-state index in [1.54, 1.807) is 17.2 Å². The van der Waals surface area contributed by atoms with Gasteiger partial charge in [-0.05, 0) is 30.7 Å². The van der Waals surface area contributed by atoms with Gasteiger partial charge in [0.25, 0.3) is 0 Å². The quantitative estimate of drug-likeness (QED) is 0.468. The molecule has 0 amide bonds. The van der Waals surface area contributed by atoms with Gasteiger partial charge < -0.3 is 9.88 Å². The van der Waals surface area contributed by atoms with Gasteiger partial charge in [0.15, 0.2) is 11.5 Å². The van der Waals surface area contributed by atoms with E-state index in [-0.39, 0.29) is 0 Å². The van der Waals surface area contributed by atoms with Gasteiger partial charge in [0.2, 0.25) is 0 Å². The van der Waals surface area contributed by atoms with Gasteiger partial charge in [-0.2, -0.15) is 5.10 Å². The molecule has 1 N–H and O–H groups in total. The molecule has 0 atom stereocenters. The van der Waals surface area contributed by atoms with Crippen LogP contribution < -0.4 is 5.32 Å². The van der Waals surface area contributed by atoms with E-state index >= 15 is 0 Å². The van der Waals surface area contributed by atoms with Crippen LogP contribution in [0.3, 0.4) is 0 Å². The van der Waals surface area contributed by atoms with E-state index < -0.39 is 0 Å². The molecule has 0 spiro atoms. The van der Waals surface area contributed by atoms with Gasteiger partial charge in [-0.15, -0.1) is 0 Å². The molecular weight excluding hydrogens is 376 g/mol. The highest BCUT2D eigenvalue weighted by atomic mass is 15.2. The van der Waals surface area contributed by atoms with Crippen molar-refractivity contribution in [2.75, 3.05) is 5.32 Å². The first-order chi connectivity index (χ1) is 14.7. The topological polar surface area (TPSA) is 77.9 Å². The Labute approximate surface area is 173 Å². The molecule has 5 aromatic rings. The molecule has 0 aliphatic heterocycles. The zero-order chi connectivity index (χ0) is 20.5. The number of fused-ring (bicyclic) bond motifs is 1. The normalized spacial score (nSPS) is 11.3. The van der Waals surface area contributed by atoms with Crippen molar-refractivity contribution in [3.8, 4) is 16.9 Å². The molecule has 0 radical (unpaired) electrons. The molecule has 0 saturated carbocycles.